The Hall–Kier alpha value is -0.870. The molecule has 0 unspecified atom stereocenters. The van der Waals surface area contributed by atoms with Gasteiger partial charge in [0.05, 0.1) is 6.54 Å². The summed E-state index contributed by atoms with van der Waals surface area (Å²) in [6.45, 7) is 5.34. The lowest BCUT2D eigenvalue weighted by molar-refractivity contribution is 0.213. The predicted octanol–water partition coefficient (Wildman–Crippen LogP) is 1.24. The van der Waals surface area contributed by atoms with Crippen molar-refractivity contribution in [3.05, 3.63) is 17.7 Å². The first-order valence-electron chi connectivity index (χ1n) is 6.04. The molecule has 0 saturated carbocycles. The number of aromatic nitrogens is 2. The molecule has 0 spiro atoms. The summed E-state index contributed by atoms with van der Waals surface area (Å²) in [5.41, 5.74) is 1.14. The monoisotopic (exact) mass is 222 g/mol. The first-order chi connectivity index (χ1) is 7.65. The molecular weight excluding hydrogens is 200 g/mol. The molecule has 1 saturated heterocycles. The molecule has 90 valence electrons. The van der Waals surface area contributed by atoms with Gasteiger partial charge in [-0.3, -0.25) is 4.90 Å². The van der Waals surface area contributed by atoms with E-state index in [4.69, 9.17) is 0 Å². The smallest absolute Gasteiger partial charge is 0.120 e. The standard InChI is InChI=1S/C12H22N4/c1-10-7-13-12(14-10)9-15(2)8-11-5-4-6-16(11)3/h7,11H,4-6,8-9H2,1-3H3,(H,13,14)/t11-/m0/s1. The third kappa shape index (κ3) is 2.83. The number of likely N-dealkylation sites (N-methyl/N-ethyl adjacent to an activating group) is 2. The zero-order chi connectivity index (χ0) is 11.5. The van der Waals surface area contributed by atoms with Crippen LogP contribution in [-0.2, 0) is 6.54 Å². The average Bonchev–Trinajstić information content (AvgIpc) is 2.77. The first kappa shape index (κ1) is 11.6. The number of H-pyrrole nitrogens is 1. The lowest BCUT2D eigenvalue weighted by atomic mass is 10.2. The van der Waals surface area contributed by atoms with Gasteiger partial charge < -0.3 is 9.88 Å². The van der Waals surface area contributed by atoms with E-state index < -0.39 is 0 Å². The van der Waals surface area contributed by atoms with Crippen LogP contribution in [0.4, 0.5) is 0 Å². The fourth-order valence-electron chi connectivity index (χ4n) is 2.44. The second-order valence-electron chi connectivity index (χ2n) is 4.99. The van der Waals surface area contributed by atoms with Crippen LogP contribution < -0.4 is 0 Å². The van der Waals surface area contributed by atoms with Gasteiger partial charge in [0, 0.05) is 24.5 Å². The van der Waals surface area contributed by atoms with E-state index in [0.717, 1.165) is 30.6 Å². The number of nitrogens with one attached hydrogen (secondary N) is 1. The van der Waals surface area contributed by atoms with E-state index in [1.54, 1.807) is 0 Å². The third-order valence-corrected chi connectivity index (χ3v) is 3.37. The second kappa shape index (κ2) is 4.97. The number of hydrogen-bond donors (Lipinski definition) is 1. The van der Waals surface area contributed by atoms with E-state index in [1.807, 2.05) is 13.1 Å². The average molecular weight is 222 g/mol. The fraction of sp³-hybridized carbons (Fsp3) is 0.750. The van der Waals surface area contributed by atoms with Crippen LogP contribution >= 0.6 is 0 Å². The normalized spacial score (nSPS) is 22.1. The highest BCUT2D eigenvalue weighted by molar-refractivity contribution is 4.98. The molecule has 0 aliphatic carbocycles. The first-order valence-corrected chi connectivity index (χ1v) is 6.04. The maximum Gasteiger partial charge on any atom is 0.120 e. The Balaban J connectivity index is 1.82. The Morgan fingerprint density at radius 3 is 3.00 bits per heavy atom. The molecule has 1 aliphatic heterocycles. The van der Waals surface area contributed by atoms with E-state index >= 15 is 0 Å². The number of likely N-dealkylation sites (tertiary alicyclic amines) is 1. The molecule has 4 nitrogen and oxygen atoms in total. The summed E-state index contributed by atoms with van der Waals surface area (Å²) < 4.78 is 0. The highest BCUT2D eigenvalue weighted by Crippen LogP contribution is 2.15. The minimum atomic E-state index is 0.723. The summed E-state index contributed by atoms with van der Waals surface area (Å²) in [7, 11) is 4.40. The highest BCUT2D eigenvalue weighted by atomic mass is 15.2. The Labute approximate surface area is 97.7 Å². The molecule has 4 heteroatoms. The molecule has 1 fully saturated rings. The number of aryl methyl sites for hydroxylation is 1. The summed E-state index contributed by atoms with van der Waals surface area (Å²) in [5.74, 6) is 1.07. The van der Waals surface area contributed by atoms with Crippen molar-refractivity contribution in [3.63, 3.8) is 0 Å². The van der Waals surface area contributed by atoms with E-state index in [0.29, 0.717) is 0 Å². The molecule has 0 amide bonds. The van der Waals surface area contributed by atoms with Gasteiger partial charge in [-0.25, -0.2) is 4.98 Å². The van der Waals surface area contributed by atoms with Crippen LogP contribution in [0.25, 0.3) is 0 Å². The van der Waals surface area contributed by atoms with Gasteiger partial charge in [-0.15, -0.1) is 0 Å². The number of rotatable bonds is 4. The molecule has 2 rings (SSSR count). The quantitative estimate of drug-likeness (QED) is 0.832. The zero-order valence-electron chi connectivity index (χ0n) is 10.5. The van der Waals surface area contributed by atoms with Gasteiger partial charge in [-0.1, -0.05) is 0 Å². The van der Waals surface area contributed by atoms with Gasteiger partial charge in [0.25, 0.3) is 0 Å². The number of hydrogen-bond acceptors (Lipinski definition) is 3. The second-order valence-corrected chi connectivity index (χ2v) is 4.99. The molecule has 1 aliphatic rings. The van der Waals surface area contributed by atoms with Crippen molar-refractivity contribution >= 4 is 0 Å². The summed E-state index contributed by atoms with van der Waals surface area (Å²) in [6, 6.07) is 0.723. The highest BCUT2D eigenvalue weighted by Gasteiger charge is 2.22. The van der Waals surface area contributed by atoms with Gasteiger partial charge in [0.2, 0.25) is 0 Å². The van der Waals surface area contributed by atoms with Gasteiger partial charge >= 0.3 is 0 Å². The summed E-state index contributed by atoms with van der Waals surface area (Å²) in [4.78, 5) is 12.4. The van der Waals surface area contributed by atoms with Crippen LogP contribution in [0.3, 0.4) is 0 Å². The molecule has 1 atom stereocenters. The SMILES string of the molecule is Cc1cnc(CN(C)C[C@@H]2CCCN2C)[nH]1. The summed E-state index contributed by atoms with van der Waals surface area (Å²) >= 11 is 0. The number of nitrogens with zero attached hydrogens (tertiary/aromatic N) is 3. The maximum atomic E-state index is 4.34. The number of aromatic amines is 1. The minimum absolute atomic E-state index is 0.723. The van der Waals surface area contributed by atoms with Gasteiger partial charge in [-0.05, 0) is 40.4 Å². The van der Waals surface area contributed by atoms with E-state index in [1.165, 1.54) is 19.4 Å². The van der Waals surface area contributed by atoms with Crippen molar-refractivity contribution in [2.75, 3.05) is 27.2 Å². The molecule has 2 heterocycles. The van der Waals surface area contributed by atoms with Crippen molar-refractivity contribution in [3.8, 4) is 0 Å². The maximum absolute atomic E-state index is 4.34. The molecule has 0 bridgehead atoms. The third-order valence-electron chi connectivity index (χ3n) is 3.37. The van der Waals surface area contributed by atoms with Crippen LogP contribution in [0, 0.1) is 6.92 Å². The molecule has 1 aromatic heterocycles. The van der Waals surface area contributed by atoms with Crippen molar-refractivity contribution in [2.45, 2.75) is 32.4 Å². The fourth-order valence-corrected chi connectivity index (χ4v) is 2.44. The van der Waals surface area contributed by atoms with Crippen LogP contribution in [-0.4, -0.2) is 53.0 Å². The lowest BCUT2D eigenvalue weighted by Crippen LogP contribution is -2.36. The molecule has 0 aromatic carbocycles. The Kier molecular flexibility index (Phi) is 3.61. The van der Waals surface area contributed by atoms with Gasteiger partial charge in [0.15, 0.2) is 0 Å². The van der Waals surface area contributed by atoms with Crippen molar-refractivity contribution < 1.29 is 0 Å². The van der Waals surface area contributed by atoms with Crippen LogP contribution in [0.1, 0.15) is 24.4 Å². The van der Waals surface area contributed by atoms with E-state index in [9.17, 15) is 0 Å². The lowest BCUT2D eigenvalue weighted by Gasteiger charge is -2.25. The largest absolute Gasteiger partial charge is 0.345 e. The van der Waals surface area contributed by atoms with Crippen molar-refractivity contribution in [1.82, 2.24) is 19.8 Å². The Morgan fingerprint density at radius 2 is 2.44 bits per heavy atom. The van der Waals surface area contributed by atoms with E-state index in [-0.39, 0.29) is 0 Å². The topological polar surface area (TPSA) is 35.2 Å². The van der Waals surface area contributed by atoms with Crippen LogP contribution in [0.15, 0.2) is 6.20 Å². The molecular formula is C12H22N4. The Bertz CT molecular complexity index is 334. The van der Waals surface area contributed by atoms with Gasteiger partial charge in [0.1, 0.15) is 5.82 Å². The molecule has 1 N–H and O–H groups in total. The minimum Gasteiger partial charge on any atom is -0.345 e. The molecule has 0 radical (unpaired) electrons. The number of imidazole rings is 1. The molecule has 1 aromatic rings. The predicted molar refractivity (Wildman–Crippen MR) is 65.3 cm³/mol. The molecule has 16 heavy (non-hydrogen) atoms. The van der Waals surface area contributed by atoms with E-state index in [2.05, 4.69) is 33.9 Å². The van der Waals surface area contributed by atoms with Crippen LogP contribution in [0.2, 0.25) is 0 Å². The van der Waals surface area contributed by atoms with Crippen LogP contribution in [0.5, 0.6) is 0 Å². The zero-order valence-corrected chi connectivity index (χ0v) is 10.5. The van der Waals surface area contributed by atoms with Crippen molar-refractivity contribution in [1.29, 1.82) is 0 Å². The van der Waals surface area contributed by atoms with Gasteiger partial charge in [-0.2, -0.15) is 0 Å². The summed E-state index contributed by atoms with van der Waals surface area (Å²) in [5, 5.41) is 0. The van der Waals surface area contributed by atoms with Crippen molar-refractivity contribution in [2.24, 2.45) is 0 Å². The summed E-state index contributed by atoms with van der Waals surface area (Å²) in [6.07, 6.45) is 4.57. The Morgan fingerprint density at radius 1 is 1.62 bits per heavy atom.